The van der Waals surface area contributed by atoms with Crippen LogP contribution in [-0.4, -0.2) is 4.98 Å². The standard InChI is InChI=1S/C18H15ClN2/c19-18-16(12-7-13-20-18)21-17(14-8-3-1-4-9-14)15-10-5-2-6-11-15/h1-13,17,21H. The second-order valence-electron chi connectivity index (χ2n) is 4.74. The van der Waals surface area contributed by atoms with Crippen LogP contribution in [0.4, 0.5) is 5.69 Å². The number of pyridine rings is 1. The molecule has 0 unspecified atom stereocenters. The third-order valence-electron chi connectivity index (χ3n) is 3.32. The van der Waals surface area contributed by atoms with Crippen molar-refractivity contribution in [2.24, 2.45) is 0 Å². The average Bonchev–Trinajstić information content (AvgIpc) is 2.56. The zero-order valence-corrected chi connectivity index (χ0v) is 12.2. The fourth-order valence-electron chi connectivity index (χ4n) is 2.30. The highest BCUT2D eigenvalue weighted by atomic mass is 35.5. The Morgan fingerprint density at radius 3 is 1.86 bits per heavy atom. The van der Waals surface area contributed by atoms with E-state index in [2.05, 4.69) is 34.6 Å². The molecule has 0 saturated carbocycles. The van der Waals surface area contributed by atoms with Crippen molar-refractivity contribution in [2.45, 2.75) is 6.04 Å². The predicted octanol–water partition coefficient (Wildman–Crippen LogP) is 4.94. The molecule has 2 nitrogen and oxygen atoms in total. The molecule has 3 rings (SSSR count). The SMILES string of the molecule is Clc1ncccc1NC(c1ccccc1)c1ccccc1. The predicted molar refractivity (Wildman–Crippen MR) is 87.6 cm³/mol. The number of nitrogens with one attached hydrogen (secondary N) is 1. The average molecular weight is 295 g/mol. The number of nitrogens with zero attached hydrogens (tertiary/aromatic N) is 1. The molecule has 0 spiro atoms. The molecule has 0 aliphatic heterocycles. The molecular weight excluding hydrogens is 280 g/mol. The molecular formula is C18H15ClN2. The van der Waals surface area contributed by atoms with E-state index in [-0.39, 0.29) is 6.04 Å². The topological polar surface area (TPSA) is 24.9 Å². The van der Waals surface area contributed by atoms with Gasteiger partial charge in [0.2, 0.25) is 0 Å². The highest BCUT2D eigenvalue weighted by Crippen LogP contribution is 2.29. The first-order valence-electron chi connectivity index (χ1n) is 6.81. The number of halogens is 1. The third kappa shape index (κ3) is 3.23. The summed E-state index contributed by atoms with van der Waals surface area (Å²) in [6.45, 7) is 0. The minimum absolute atomic E-state index is 0.0362. The minimum Gasteiger partial charge on any atom is -0.372 e. The summed E-state index contributed by atoms with van der Waals surface area (Å²) < 4.78 is 0. The largest absolute Gasteiger partial charge is 0.372 e. The molecule has 3 aromatic rings. The molecule has 104 valence electrons. The summed E-state index contributed by atoms with van der Waals surface area (Å²) in [5, 5.41) is 3.97. The number of hydrogen-bond acceptors (Lipinski definition) is 2. The van der Waals surface area contributed by atoms with Crippen LogP contribution in [0, 0.1) is 0 Å². The molecule has 0 aliphatic rings. The molecule has 0 saturated heterocycles. The van der Waals surface area contributed by atoms with E-state index in [0.29, 0.717) is 5.15 Å². The van der Waals surface area contributed by atoms with E-state index < -0.39 is 0 Å². The Balaban J connectivity index is 1.99. The Kier molecular flexibility index (Phi) is 4.17. The Bertz CT molecular complexity index is 659. The van der Waals surface area contributed by atoms with Crippen molar-refractivity contribution in [3.05, 3.63) is 95.3 Å². The number of anilines is 1. The number of benzene rings is 2. The van der Waals surface area contributed by atoms with Gasteiger partial charge in [-0.2, -0.15) is 0 Å². The fraction of sp³-hybridized carbons (Fsp3) is 0.0556. The van der Waals surface area contributed by atoms with E-state index in [1.807, 2.05) is 48.5 Å². The Hall–Kier alpha value is -2.32. The van der Waals surface area contributed by atoms with Crippen LogP contribution in [0.2, 0.25) is 5.15 Å². The summed E-state index contributed by atoms with van der Waals surface area (Å²) in [5.74, 6) is 0. The summed E-state index contributed by atoms with van der Waals surface area (Å²) >= 11 is 6.17. The van der Waals surface area contributed by atoms with Gasteiger partial charge in [-0.25, -0.2) is 4.98 Å². The van der Waals surface area contributed by atoms with Gasteiger partial charge in [0.15, 0.2) is 5.15 Å². The van der Waals surface area contributed by atoms with Crippen molar-refractivity contribution >= 4 is 17.3 Å². The summed E-state index contributed by atoms with van der Waals surface area (Å²) in [7, 11) is 0. The first kappa shape index (κ1) is 13.7. The van der Waals surface area contributed by atoms with Gasteiger partial charge in [0.25, 0.3) is 0 Å². The molecule has 0 fully saturated rings. The van der Waals surface area contributed by atoms with Crippen molar-refractivity contribution in [3.8, 4) is 0 Å². The lowest BCUT2D eigenvalue weighted by molar-refractivity contribution is 0.937. The van der Waals surface area contributed by atoms with Gasteiger partial charge in [0.1, 0.15) is 0 Å². The molecule has 2 aromatic carbocycles. The maximum absolute atomic E-state index is 6.17. The zero-order valence-electron chi connectivity index (χ0n) is 11.4. The third-order valence-corrected chi connectivity index (χ3v) is 3.63. The maximum atomic E-state index is 6.17. The normalized spacial score (nSPS) is 10.6. The van der Waals surface area contributed by atoms with Crippen molar-refractivity contribution < 1.29 is 0 Å². The first-order chi connectivity index (χ1) is 10.3. The smallest absolute Gasteiger partial charge is 0.152 e. The van der Waals surface area contributed by atoms with Gasteiger partial charge in [0.05, 0.1) is 11.7 Å². The first-order valence-corrected chi connectivity index (χ1v) is 7.19. The summed E-state index contributed by atoms with van der Waals surface area (Å²) in [6, 6.07) is 24.5. The van der Waals surface area contributed by atoms with E-state index in [0.717, 1.165) is 5.69 Å². The summed E-state index contributed by atoms with van der Waals surface area (Å²) in [5.41, 5.74) is 3.20. The van der Waals surface area contributed by atoms with Gasteiger partial charge in [-0.3, -0.25) is 0 Å². The molecule has 3 heteroatoms. The van der Waals surface area contributed by atoms with Crippen LogP contribution in [-0.2, 0) is 0 Å². The van der Waals surface area contributed by atoms with Crippen molar-refractivity contribution in [1.82, 2.24) is 4.98 Å². The van der Waals surface area contributed by atoms with E-state index in [1.54, 1.807) is 6.20 Å². The van der Waals surface area contributed by atoms with Gasteiger partial charge in [-0.15, -0.1) is 0 Å². The second kappa shape index (κ2) is 6.42. The van der Waals surface area contributed by atoms with E-state index >= 15 is 0 Å². The Morgan fingerprint density at radius 1 is 0.762 bits per heavy atom. The van der Waals surface area contributed by atoms with Crippen LogP contribution in [0.15, 0.2) is 79.0 Å². The lowest BCUT2D eigenvalue weighted by Gasteiger charge is -2.21. The molecule has 0 amide bonds. The molecule has 0 bridgehead atoms. The van der Waals surface area contributed by atoms with Crippen LogP contribution in [0.5, 0.6) is 0 Å². The zero-order chi connectivity index (χ0) is 14.5. The van der Waals surface area contributed by atoms with Gasteiger partial charge in [0, 0.05) is 6.20 Å². The Labute approximate surface area is 129 Å². The van der Waals surface area contributed by atoms with E-state index in [4.69, 9.17) is 11.6 Å². The Morgan fingerprint density at radius 2 is 1.33 bits per heavy atom. The number of hydrogen-bond donors (Lipinski definition) is 1. The maximum Gasteiger partial charge on any atom is 0.152 e. The molecule has 1 N–H and O–H groups in total. The van der Waals surface area contributed by atoms with Crippen LogP contribution >= 0.6 is 11.6 Å². The number of aromatic nitrogens is 1. The second-order valence-corrected chi connectivity index (χ2v) is 5.10. The van der Waals surface area contributed by atoms with E-state index in [1.165, 1.54) is 11.1 Å². The minimum atomic E-state index is 0.0362. The molecule has 0 radical (unpaired) electrons. The van der Waals surface area contributed by atoms with Crippen molar-refractivity contribution in [2.75, 3.05) is 5.32 Å². The van der Waals surface area contributed by atoms with Gasteiger partial charge in [-0.1, -0.05) is 72.3 Å². The van der Waals surface area contributed by atoms with Crippen molar-refractivity contribution in [3.63, 3.8) is 0 Å². The molecule has 0 aliphatic carbocycles. The van der Waals surface area contributed by atoms with Gasteiger partial charge in [-0.05, 0) is 23.3 Å². The van der Waals surface area contributed by atoms with Crippen LogP contribution in [0.25, 0.3) is 0 Å². The van der Waals surface area contributed by atoms with E-state index in [9.17, 15) is 0 Å². The van der Waals surface area contributed by atoms with Gasteiger partial charge >= 0.3 is 0 Å². The fourth-order valence-corrected chi connectivity index (χ4v) is 2.47. The highest BCUT2D eigenvalue weighted by Gasteiger charge is 2.14. The lowest BCUT2D eigenvalue weighted by Crippen LogP contribution is -2.12. The molecule has 21 heavy (non-hydrogen) atoms. The lowest BCUT2D eigenvalue weighted by atomic mass is 9.98. The number of rotatable bonds is 4. The van der Waals surface area contributed by atoms with Crippen LogP contribution < -0.4 is 5.32 Å². The summed E-state index contributed by atoms with van der Waals surface area (Å²) in [4.78, 5) is 4.12. The monoisotopic (exact) mass is 294 g/mol. The molecule has 1 heterocycles. The van der Waals surface area contributed by atoms with Gasteiger partial charge < -0.3 is 5.32 Å². The summed E-state index contributed by atoms with van der Waals surface area (Å²) in [6.07, 6.45) is 1.69. The van der Waals surface area contributed by atoms with Crippen molar-refractivity contribution in [1.29, 1.82) is 0 Å². The molecule has 1 aromatic heterocycles. The highest BCUT2D eigenvalue weighted by molar-refractivity contribution is 6.31. The molecule has 0 atom stereocenters. The van der Waals surface area contributed by atoms with Crippen LogP contribution in [0.1, 0.15) is 17.2 Å². The quantitative estimate of drug-likeness (QED) is 0.690. The van der Waals surface area contributed by atoms with Crippen LogP contribution in [0.3, 0.4) is 0 Å².